The highest BCUT2D eigenvalue weighted by molar-refractivity contribution is 7.90. The third-order valence-corrected chi connectivity index (χ3v) is 8.44. The Bertz CT molecular complexity index is 967. The van der Waals surface area contributed by atoms with E-state index in [4.69, 9.17) is 0 Å². The second-order valence-corrected chi connectivity index (χ2v) is 11.7. The van der Waals surface area contributed by atoms with E-state index in [0.29, 0.717) is 11.5 Å². The molecule has 2 atom stereocenters. The first kappa shape index (κ1) is 23.2. The molecule has 1 N–H and O–H groups in total. The molecule has 176 valence electrons. The standard InChI is InChI=1S/C24H36N4O3S/c1-17(2)22(25-23-20-8-4-5-9-21(20)32(30,31)26-23)24(29)28-12-6-7-19(16-28)15-27-13-10-18(3)11-14-27/h4-5,8-9,17-19,22H,6-7,10-16H2,1-3H3,(H,25,26)/t19?,22-/m0/s1. The Morgan fingerprint density at radius 1 is 1.16 bits per heavy atom. The lowest BCUT2D eigenvalue weighted by Gasteiger charge is -2.38. The van der Waals surface area contributed by atoms with Gasteiger partial charge >= 0.3 is 0 Å². The van der Waals surface area contributed by atoms with Crippen molar-refractivity contribution in [3.63, 3.8) is 0 Å². The maximum Gasteiger partial charge on any atom is 0.263 e. The van der Waals surface area contributed by atoms with Crippen LogP contribution >= 0.6 is 0 Å². The first-order chi connectivity index (χ1) is 15.2. The Balaban J connectivity index is 1.47. The molecule has 0 aromatic heterocycles. The molecule has 1 aromatic carbocycles. The van der Waals surface area contributed by atoms with Gasteiger partial charge in [0, 0.05) is 25.2 Å². The molecule has 1 amide bonds. The number of amidine groups is 1. The molecule has 2 saturated heterocycles. The predicted molar refractivity (Wildman–Crippen MR) is 126 cm³/mol. The van der Waals surface area contributed by atoms with E-state index in [1.54, 1.807) is 24.3 Å². The minimum atomic E-state index is -3.62. The number of carbonyl (C=O) groups is 1. The number of nitrogens with one attached hydrogen (secondary N) is 1. The SMILES string of the molecule is CC1CCN(CC2CCCN(C(=O)[C@@H](N=C3NS(=O)(=O)c4ccccc43)C(C)C)C2)CC1. The van der Waals surface area contributed by atoms with Crippen LogP contribution in [-0.2, 0) is 14.8 Å². The highest BCUT2D eigenvalue weighted by Gasteiger charge is 2.35. The normalized spacial score (nSPS) is 26.2. The molecule has 0 radical (unpaired) electrons. The third-order valence-electron chi connectivity index (χ3n) is 7.04. The molecule has 0 saturated carbocycles. The van der Waals surface area contributed by atoms with Crippen LogP contribution in [0.5, 0.6) is 0 Å². The number of piperidine rings is 2. The lowest BCUT2D eigenvalue weighted by Crippen LogP contribution is -2.49. The van der Waals surface area contributed by atoms with Gasteiger partial charge in [-0.15, -0.1) is 0 Å². The zero-order valence-electron chi connectivity index (χ0n) is 19.5. The van der Waals surface area contributed by atoms with Crippen LogP contribution in [0.3, 0.4) is 0 Å². The summed E-state index contributed by atoms with van der Waals surface area (Å²) in [6, 6.07) is 6.20. The number of carbonyl (C=O) groups excluding carboxylic acids is 1. The number of fused-ring (bicyclic) bond motifs is 1. The Morgan fingerprint density at radius 2 is 1.88 bits per heavy atom. The van der Waals surface area contributed by atoms with Crippen LogP contribution in [0, 0.1) is 17.8 Å². The molecule has 3 aliphatic rings. The molecule has 8 heteroatoms. The number of amides is 1. The van der Waals surface area contributed by atoms with Gasteiger partial charge in [0.25, 0.3) is 10.0 Å². The van der Waals surface area contributed by atoms with E-state index in [-0.39, 0.29) is 22.6 Å². The van der Waals surface area contributed by atoms with Gasteiger partial charge < -0.3 is 9.80 Å². The number of hydrogen-bond acceptors (Lipinski definition) is 5. The van der Waals surface area contributed by atoms with Gasteiger partial charge in [-0.2, -0.15) is 0 Å². The molecular weight excluding hydrogens is 424 g/mol. The summed E-state index contributed by atoms with van der Waals surface area (Å²) in [6.07, 6.45) is 4.70. The van der Waals surface area contributed by atoms with Gasteiger partial charge in [0.1, 0.15) is 11.9 Å². The van der Waals surface area contributed by atoms with Gasteiger partial charge in [-0.3, -0.25) is 14.5 Å². The maximum atomic E-state index is 13.5. The van der Waals surface area contributed by atoms with Crippen molar-refractivity contribution in [1.29, 1.82) is 0 Å². The van der Waals surface area contributed by atoms with E-state index in [9.17, 15) is 13.2 Å². The average Bonchev–Trinajstić information content (AvgIpc) is 3.03. The van der Waals surface area contributed by atoms with Crippen molar-refractivity contribution in [1.82, 2.24) is 14.5 Å². The highest BCUT2D eigenvalue weighted by atomic mass is 32.2. The summed E-state index contributed by atoms with van der Waals surface area (Å²) in [4.78, 5) is 22.9. The second kappa shape index (κ2) is 9.51. The van der Waals surface area contributed by atoms with Crippen molar-refractivity contribution < 1.29 is 13.2 Å². The molecule has 1 aromatic rings. The molecule has 0 bridgehead atoms. The van der Waals surface area contributed by atoms with Crippen LogP contribution in [0.2, 0.25) is 0 Å². The number of rotatable bonds is 5. The van der Waals surface area contributed by atoms with E-state index in [2.05, 4.69) is 21.5 Å². The third kappa shape index (κ3) is 5.01. The summed E-state index contributed by atoms with van der Waals surface area (Å²) >= 11 is 0. The van der Waals surface area contributed by atoms with Gasteiger partial charge in [-0.1, -0.05) is 32.9 Å². The van der Waals surface area contributed by atoms with Gasteiger partial charge in [0.05, 0.1) is 4.90 Å². The Morgan fingerprint density at radius 3 is 2.59 bits per heavy atom. The van der Waals surface area contributed by atoms with Crippen molar-refractivity contribution in [3.8, 4) is 0 Å². The highest BCUT2D eigenvalue weighted by Crippen LogP contribution is 2.26. The van der Waals surface area contributed by atoms with Crippen molar-refractivity contribution in [3.05, 3.63) is 29.8 Å². The zero-order valence-corrected chi connectivity index (χ0v) is 20.3. The summed E-state index contributed by atoms with van der Waals surface area (Å²) in [5, 5.41) is 0. The Hall–Kier alpha value is -1.93. The summed E-state index contributed by atoms with van der Waals surface area (Å²) < 4.78 is 27.4. The number of benzene rings is 1. The van der Waals surface area contributed by atoms with E-state index in [1.165, 1.54) is 12.8 Å². The van der Waals surface area contributed by atoms with Gasteiger partial charge in [0.2, 0.25) is 5.91 Å². The van der Waals surface area contributed by atoms with Crippen molar-refractivity contribution in [2.75, 3.05) is 32.7 Å². The first-order valence-corrected chi connectivity index (χ1v) is 13.4. The van der Waals surface area contributed by atoms with Gasteiger partial charge in [-0.25, -0.2) is 8.42 Å². The Kier molecular flexibility index (Phi) is 6.91. The summed E-state index contributed by atoms with van der Waals surface area (Å²) in [5.74, 6) is 1.57. The fraction of sp³-hybridized carbons (Fsp3) is 0.667. The first-order valence-electron chi connectivity index (χ1n) is 12.0. The van der Waals surface area contributed by atoms with Crippen LogP contribution in [0.15, 0.2) is 34.2 Å². The number of likely N-dealkylation sites (tertiary alicyclic amines) is 2. The van der Waals surface area contributed by atoms with Crippen molar-refractivity contribution >= 4 is 21.8 Å². The largest absolute Gasteiger partial charge is 0.341 e. The second-order valence-electron chi connectivity index (χ2n) is 10.0. The summed E-state index contributed by atoms with van der Waals surface area (Å²) in [6.45, 7) is 11.2. The lowest BCUT2D eigenvalue weighted by atomic mass is 9.93. The average molecular weight is 461 g/mol. The van der Waals surface area contributed by atoms with Crippen molar-refractivity contribution in [2.45, 2.75) is 57.4 Å². The molecule has 2 fully saturated rings. The number of aliphatic imine (C=N–C) groups is 1. The minimum absolute atomic E-state index is 0.00745. The lowest BCUT2D eigenvalue weighted by molar-refractivity contribution is -0.135. The van der Waals surface area contributed by atoms with E-state index in [1.807, 2.05) is 18.7 Å². The molecule has 0 spiro atoms. The molecule has 0 aliphatic carbocycles. The van der Waals surface area contributed by atoms with Crippen LogP contribution in [0.1, 0.15) is 52.0 Å². The molecular formula is C24H36N4O3S. The van der Waals surface area contributed by atoms with Gasteiger partial charge in [-0.05, 0) is 68.7 Å². The monoisotopic (exact) mass is 460 g/mol. The molecule has 4 rings (SSSR count). The van der Waals surface area contributed by atoms with Gasteiger partial charge in [0.15, 0.2) is 0 Å². The van der Waals surface area contributed by atoms with Crippen LogP contribution in [0.4, 0.5) is 0 Å². The molecule has 1 unspecified atom stereocenters. The van der Waals surface area contributed by atoms with Crippen LogP contribution in [-0.4, -0.2) is 68.7 Å². The predicted octanol–water partition coefficient (Wildman–Crippen LogP) is 2.72. The summed E-state index contributed by atoms with van der Waals surface area (Å²) in [7, 11) is -3.62. The minimum Gasteiger partial charge on any atom is -0.341 e. The zero-order chi connectivity index (χ0) is 22.9. The smallest absolute Gasteiger partial charge is 0.263 e. The van der Waals surface area contributed by atoms with E-state index < -0.39 is 16.1 Å². The molecule has 3 aliphatic heterocycles. The fourth-order valence-electron chi connectivity index (χ4n) is 5.07. The fourth-order valence-corrected chi connectivity index (χ4v) is 6.31. The Labute approximate surface area is 192 Å². The molecule has 3 heterocycles. The van der Waals surface area contributed by atoms with Crippen LogP contribution in [0.25, 0.3) is 0 Å². The van der Waals surface area contributed by atoms with E-state index >= 15 is 0 Å². The molecule has 7 nitrogen and oxygen atoms in total. The van der Waals surface area contributed by atoms with E-state index in [0.717, 1.165) is 51.5 Å². The number of nitrogens with zero attached hydrogens (tertiary/aromatic N) is 3. The maximum absolute atomic E-state index is 13.5. The number of hydrogen-bond donors (Lipinski definition) is 1. The number of sulfonamides is 1. The quantitative estimate of drug-likeness (QED) is 0.733. The topological polar surface area (TPSA) is 82.1 Å². The van der Waals surface area contributed by atoms with Crippen LogP contribution < -0.4 is 4.72 Å². The summed E-state index contributed by atoms with van der Waals surface area (Å²) in [5.41, 5.74) is 0.543. The molecule has 32 heavy (non-hydrogen) atoms. The van der Waals surface area contributed by atoms with Crippen molar-refractivity contribution in [2.24, 2.45) is 22.7 Å².